The molecule has 0 radical (unpaired) electrons. The van der Waals surface area contributed by atoms with E-state index in [1.54, 1.807) is 0 Å². The smallest absolute Gasteiger partial charge is 0.303 e. The lowest BCUT2D eigenvalue weighted by Crippen LogP contribution is -2.12. The first-order chi connectivity index (χ1) is 15.3. The van der Waals surface area contributed by atoms with Crippen LogP contribution in [0.2, 0.25) is 0 Å². The predicted molar refractivity (Wildman–Crippen MR) is 137 cm³/mol. The first-order valence-electron chi connectivity index (χ1n) is 12.0. The zero-order valence-electron chi connectivity index (χ0n) is 20.2. The average Bonchev–Trinajstić information content (AvgIpc) is 2.74. The number of rotatable bonds is 13. The van der Waals surface area contributed by atoms with E-state index in [-0.39, 0.29) is 18.9 Å². The average molecular weight is 458 g/mol. The third kappa shape index (κ3) is 7.39. The van der Waals surface area contributed by atoms with Crippen LogP contribution in [-0.4, -0.2) is 21.2 Å². The normalized spacial score (nSPS) is 11.5. The monoisotopic (exact) mass is 457 g/mol. The maximum Gasteiger partial charge on any atom is 0.303 e. The number of carboxylic acid groups (broad SMARTS) is 1. The van der Waals surface area contributed by atoms with Crippen molar-refractivity contribution < 1.29 is 15.0 Å². The number of carbonyl (C=O) groups is 1. The highest BCUT2D eigenvalue weighted by molar-refractivity contribution is 7.27. The van der Waals surface area contributed by atoms with Crippen LogP contribution in [0.15, 0.2) is 24.3 Å². The largest absolute Gasteiger partial charge is 0.481 e. The highest BCUT2D eigenvalue weighted by Crippen LogP contribution is 2.37. The topological polar surface area (TPSA) is 70.4 Å². The van der Waals surface area contributed by atoms with E-state index in [1.165, 1.54) is 11.1 Å². The summed E-state index contributed by atoms with van der Waals surface area (Å²) in [5.41, 5.74) is 6.71. The molecule has 0 amide bonds. The van der Waals surface area contributed by atoms with Crippen LogP contribution < -0.4 is 5.30 Å². The van der Waals surface area contributed by atoms with Crippen molar-refractivity contribution in [3.8, 4) is 11.1 Å². The molecule has 2 rings (SSSR count). The second kappa shape index (κ2) is 13.1. The Hall–Kier alpha value is -1.77. The Kier molecular flexibility index (Phi) is 10.8. The summed E-state index contributed by atoms with van der Waals surface area (Å²) < 4.78 is 0. The fraction of sp³-hybridized carbons (Fsp3) is 0.556. The maximum absolute atomic E-state index is 10.6. The van der Waals surface area contributed by atoms with Gasteiger partial charge >= 0.3 is 5.97 Å². The van der Waals surface area contributed by atoms with Crippen LogP contribution in [0.1, 0.15) is 107 Å². The standard InChI is InChI=1S/C27H40NO3P/c1-18(2)26-22(11-9-7-5-6-8-10-12-24(30)31)25(20-13-15-21(32)16-14-20)23(17-29)27(28-26)19(3)4/h13-16,18-19,29H,5-12,17,32H2,1-4H3,(H,30,31). The van der Waals surface area contributed by atoms with Gasteiger partial charge in [0.2, 0.25) is 0 Å². The zero-order chi connectivity index (χ0) is 23.7. The summed E-state index contributed by atoms with van der Waals surface area (Å²) in [5.74, 6) is -0.147. The van der Waals surface area contributed by atoms with Gasteiger partial charge in [-0.3, -0.25) is 9.78 Å². The van der Waals surface area contributed by atoms with Crippen molar-refractivity contribution in [2.45, 2.75) is 97.5 Å². The van der Waals surface area contributed by atoms with Crippen LogP contribution in [0, 0.1) is 0 Å². The minimum absolute atomic E-state index is 0.00652. The van der Waals surface area contributed by atoms with Crippen molar-refractivity contribution in [1.82, 2.24) is 4.98 Å². The fourth-order valence-electron chi connectivity index (χ4n) is 4.35. The number of aliphatic hydroxyl groups excluding tert-OH is 1. The van der Waals surface area contributed by atoms with Gasteiger partial charge in [0, 0.05) is 23.4 Å². The van der Waals surface area contributed by atoms with Crippen LogP contribution in [0.3, 0.4) is 0 Å². The van der Waals surface area contributed by atoms with Crippen molar-refractivity contribution in [3.05, 3.63) is 46.8 Å². The van der Waals surface area contributed by atoms with Crippen molar-refractivity contribution in [3.63, 3.8) is 0 Å². The Balaban J connectivity index is 2.31. The third-order valence-electron chi connectivity index (χ3n) is 5.98. The van der Waals surface area contributed by atoms with E-state index < -0.39 is 5.97 Å². The molecule has 4 nitrogen and oxygen atoms in total. The molecule has 1 aromatic carbocycles. The van der Waals surface area contributed by atoms with E-state index in [2.05, 4.69) is 61.2 Å². The Labute approximate surface area is 196 Å². The van der Waals surface area contributed by atoms with Gasteiger partial charge in [-0.05, 0) is 53.1 Å². The SMILES string of the molecule is CC(C)c1nc(C(C)C)c(CCCCCCCCC(=O)O)c(-c2ccc(P)cc2)c1CO. The molecule has 1 unspecified atom stereocenters. The Morgan fingerprint density at radius 3 is 1.94 bits per heavy atom. The van der Waals surface area contributed by atoms with Crippen molar-refractivity contribution in [2.24, 2.45) is 0 Å². The van der Waals surface area contributed by atoms with Gasteiger partial charge < -0.3 is 10.2 Å². The molecule has 0 saturated heterocycles. The number of aromatic nitrogens is 1. The van der Waals surface area contributed by atoms with Crippen molar-refractivity contribution in [2.75, 3.05) is 0 Å². The van der Waals surface area contributed by atoms with Gasteiger partial charge in [0.25, 0.3) is 0 Å². The zero-order valence-corrected chi connectivity index (χ0v) is 21.3. The summed E-state index contributed by atoms with van der Waals surface area (Å²) in [6.07, 6.45) is 7.36. The summed E-state index contributed by atoms with van der Waals surface area (Å²) in [6, 6.07) is 8.51. The first-order valence-corrected chi connectivity index (χ1v) is 12.6. The number of pyridine rings is 1. The Morgan fingerprint density at radius 2 is 1.41 bits per heavy atom. The highest BCUT2D eigenvalue weighted by atomic mass is 31.0. The van der Waals surface area contributed by atoms with Gasteiger partial charge in [-0.2, -0.15) is 0 Å². The molecule has 0 aliphatic carbocycles. The van der Waals surface area contributed by atoms with Crippen molar-refractivity contribution >= 4 is 20.5 Å². The van der Waals surface area contributed by atoms with Gasteiger partial charge in [-0.1, -0.05) is 77.6 Å². The second-order valence-corrected chi connectivity index (χ2v) is 9.99. The number of carboxylic acids is 1. The summed E-state index contributed by atoms with van der Waals surface area (Å²) in [4.78, 5) is 15.7. The van der Waals surface area contributed by atoms with E-state index in [9.17, 15) is 9.90 Å². The molecule has 5 heteroatoms. The molecule has 0 aliphatic heterocycles. The summed E-state index contributed by atoms with van der Waals surface area (Å²) >= 11 is 0. The predicted octanol–water partition coefficient (Wildman–Crippen LogP) is 6.35. The van der Waals surface area contributed by atoms with E-state index >= 15 is 0 Å². The molecular weight excluding hydrogens is 417 g/mol. The van der Waals surface area contributed by atoms with E-state index in [1.807, 2.05) is 0 Å². The number of benzene rings is 1. The van der Waals surface area contributed by atoms with Crippen LogP contribution in [0.5, 0.6) is 0 Å². The highest BCUT2D eigenvalue weighted by Gasteiger charge is 2.23. The van der Waals surface area contributed by atoms with Crippen LogP contribution in [-0.2, 0) is 17.8 Å². The minimum Gasteiger partial charge on any atom is -0.481 e. The van der Waals surface area contributed by atoms with Gasteiger partial charge in [0.15, 0.2) is 0 Å². The number of hydrogen-bond acceptors (Lipinski definition) is 3. The van der Waals surface area contributed by atoms with Crippen LogP contribution in [0.4, 0.5) is 0 Å². The van der Waals surface area contributed by atoms with Gasteiger partial charge in [0.05, 0.1) is 6.61 Å². The molecule has 32 heavy (non-hydrogen) atoms. The first kappa shape index (κ1) is 26.5. The van der Waals surface area contributed by atoms with Gasteiger partial charge in [-0.25, -0.2) is 0 Å². The second-order valence-electron chi connectivity index (χ2n) is 9.32. The van der Waals surface area contributed by atoms with Gasteiger partial charge in [0.1, 0.15) is 0 Å². The quantitative estimate of drug-likeness (QED) is 0.272. The molecule has 1 atom stereocenters. The Morgan fingerprint density at radius 1 is 0.875 bits per heavy atom. The van der Waals surface area contributed by atoms with Gasteiger partial charge in [-0.15, -0.1) is 9.24 Å². The number of aliphatic hydroxyl groups is 1. The number of unbranched alkanes of at least 4 members (excludes halogenated alkanes) is 5. The third-order valence-corrected chi connectivity index (χ3v) is 6.37. The van der Waals surface area contributed by atoms with E-state index in [0.29, 0.717) is 5.92 Å². The van der Waals surface area contributed by atoms with Crippen LogP contribution in [0.25, 0.3) is 11.1 Å². The Bertz CT molecular complexity index is 875. The number of nitrogens with zero attached hydrogens (tertiary/aromatic N) is 1. The molecule has 1 heterocycles. The number of hydrogen-bond donors (Lipinski definition) is 2. The molecule has 0 fully saturated rings. The fourth-order valence-corrected chi connectivity index (χ4v) is 4.55. The summed E-state index contributed by atoms with van der Waals surface area (Å²) in [6.45, 7) is 8.68. The molecule has 0 bridgehead atoms. The van der Waals surface area contributed by atoms with Crippen molar-refractivity contribution in [1.29, 1.82) is 0 Å². The maximum atomic E-state index is 10.6. The van der Waals surface area contributed by atoms with E-state index in [0.717, 1.165) is 72.8 Å². The van der Waals surface area contributed by atoms with Crippen LogP contribution >= 0.6 is 9.24 Å². The van der Waals surface area contributed by atoms with E-state index in [4.69, 9.17) is 10.1 Å². The molecule has 0 spiro atoms. The molecule has 2 aromatic rings. The summed E-state index contributed by atoms with van der Waals surface area (Å²) in [7, 11) is 2.74. The molecule has 2 N–H and O–H groups in total. The number of aliphatic carboxylic acids is 1. The lowest BCUT2D eigenvalue weighted by molar-refractivity contribution is -0.137. The lowest BCUT2D eigenvalue weighted by Gasteiger charge is -2.24. The molecule has 0 aliphatic rings. The molecule has 0 saturated carbocycles. The summed E-state index contributed by atoms with van der Waals surface area (Å²) in [5, 5.41) is 20.3. The molecule has 1 aromatic heterocycles. The molecule has 176 valence electrons. The molecular formula is C27H40NO3P. The minimum atomic E-state index is -0.703. The lowest BCUT2D eigenvalue weighted by atomic mass is 9.85.